The summed E-state index contributed by atoms with van der Waals surface area (Å²) in [6.07, 6.45) is 11.6. The monoisotopic (exact) mass is 414 g/mol. The van der Waals surface area contributed by atoms with Gasteiger partial charge in [-0.25, -0.2) is 0 Å². The number of esters is 1. The minimum absolute atomic E-state index is 0.000959. The van der Waals surface area contributed by atoms with Crippen molar-refractivity contribution in [2.45, 2.75) is 71.1 Å². The Morgan fingerprint density at radius 2 is 2.13 bits per heavy atom. The van der Waals surface area contributed by atoms with Crippen LogP contribution in [0.2, 0.25) is 0 Å². The van der Waals surface area contributed by atoms with E-state index in [4.69, 9.17) is 13.9 Å². The Balaban J connectivity index is 1.36. The highest BCUT2D eigenvalue weighted by Crippen LogP contribution is 2.53. The third-order valence-corrected chi connectivity index (χ3v) is 8.13. The maximum absolute atomic E-state index is 13.0. The van der Waals surface area contributed by atoms with E-state index in [0.29, 0.717) is 5.92 Å². The van der Waals surface area contributed by atoms with E-state index in [9.17, 15) is 4.79 Å². The van der Waals surface area contributed by atoms with E-state index in [0.717, 1.165) is 51.3 Å². The van der Waals surface area contributed by atoms with Crippen molar-refractivity contribution >= 4 is 5.97 Å². The van der Waals surface area contributed by atoms with Gasteiger partial charge in [0.05, 0.1) is 12.8 Å². The molecular formula is C25H36NO4+. The largest absolute Gasteiger partial charge is 0.463 e. The zero-order valence-electron chi connectivity index (χ0n) is 18.4. The van der Waals surface area contributed by atoms with Crippen molar-refractivity contribution in [1.82, 2.24) is 0 Å². The van der Waals surface area contributed by atoms with Crippen LogP contribution < -0.4 is 4.90 Å². The molecule has 1 saturated carbocycles. The number of fused-ring (bicyclic) bond motifs is 2. The number of hydrogen-bond acceptors (Lipinski definition) is 4. The zero-order chi connectivity index (χ0) is 20.7. The number of rotatable bonds is 6. The Morgan fingerprint density at radius 1 is 1.23 bits per heavy atom. The van der Waals surface area contributed by atoms with Gasteiger partial charge in [-0.2, -0.15) is 0 Å². The van der Waals surface area contributed by atoms with Crippen LogP contribution in [-0.2, 0) is 20.8 Å². The molecule has 5 nitrogen and oxygen atoms in total. The van der Waals surface area contributed by atoms with Crippen molar-refractivity contribution in [3.8, 4) is 0 Å². The molecule has 5 heteroatoms. The van der Waals surface area contributed by atoms with E-state index < -0.39 is 0 Å². The van der Waals surface area contributed by atoms with Crippen molar-refractivity contribution in [3.63, 3.8) is 0 Å². The van der Waals surface area contributed by atoms with Crippen LogP contribution in [0, 0.1) is 23.2 Å². The first kappa shape index (κ1) is 20.3. The predicted molar refractivity (Wildman–Crippen MR) is 113 cm³/mol. The molecule has 0 amide bonds. The van der Waals surface area contributed by atoms with E-state index in [1.807, 2.05) is 12.1 Å². The summed E-state index contributed by atoms with van der Waals surface area (Å²) in [6, 6.07) is 3.97. The lowest BCUT2D eigenvalue weighted by Crippen LogP contribution is -3.12. The number of nitrogens with one attached hydrogen (secondary N) is 1. The molecule has 3 fully saturated rings. The fraction of sp³-hybridized carbons (Fsp3) is 0.720. The van der Waals surface area contributed by atoms with Gasteiger partial charge in [-0.1, -0.05) is 31.9 Å². The molecule has 0 radical (unpaired) electrons. The number of ether oxygens (including phenoxy) is 2. The molecule has 2 aliphatic carbocycles. The van der Waals surface area contributed by atoms with Crippen LogP contribution in [0.15, 0.2) is 34.5 Å². The molecule has 2 aliphatic heterocycles. The molecule has 0 spiro atoms. The summed E-state index contributed by atoms with van der Waals surface area (Å²) in [4.78, 5) is 14.4. The van der Waals surface area contributed by atoms with Crippen LogP contribution in [0.1, 0.15) is 58.1 Å². The van der Waals surface area contributed by atoms with Crippen LogP contribution in [0.4, 0.5) is 0 Å². The van der Waals surface area contributed by atoms with Crippen molar-refractivity contribution in [2.75, 3.05) is 19.7 Å². The first-order valence-corrected chi connectivity index (χ1v) is 11.9. The Bertz CT molecular complexity index is 781. The molecule has 30 heavy (non-hydrogen) atoms. The van der Waals surface area contributed by atoms with Gasteiger partial charge < -0.3 is 18.8 Å². The number of allylic oxidation sites excluding steroid dienone is 1. The fourth-order valence-electron chi connectivity index (χ4n) is 6.61. The molecule has 2 saturated heterocycles. The lowest BCUT2D eigenvalue weighted by molar-refractivity contribution is -0.920. The molecule has 1 aromatic rings. The summed E-state index contributed by atoms with van der Waals surface area (Å²) in [5.41, 5.74) is 1.80. The normalized spacial score (nSPS) is 39.2. The molecule has 0 aromatic carbocycles. The van der Waals surface area contributed by atoms with E-state index in [-0.39, 0.29) is 35.4 Å². The second-order valence-corrected chi connectivity index (χ2v) is 10.4. The van der Waals surface area contributed by atoms with E-state index in [1.165, 1.54) is 24.2 Å². The third kappa shape index (κ3) is 3.87. The minimum atomic E-state index is -0.0625. The Morgan fingerprint density at radius 3 is 2.90 bits per heavy atom. The van der Waals surface area contributed by atoms with E-state index in [2.05, 4.69) is 19.9 Å². The summed E-state index contributed by atoms with van der Waals surface area (Å²) in [5, 5.41) is 0. The third-order valence-electron chi connectivity index (χ3n) is 8.13. The predicted octanol–water partition coefficient (Wildman–Crippen LogP) is 3.16. The first-order valence-electron chi connectivity index (χ1n) is 11.9. The van der Waals surface area contributed by atoms with Gasteiger partial charge in [-0.3, -0.25) is 4.79 Å². The summed E-state index contributed by atoms with van der Waals surface area (Å²) < 4.78 is 17.5. The topological polar surface area (TPSA) is 53.1 Å². The van der Waals surface area contributed by atoms with Crippen LogP contribution in [0.5, 0.6) is 0 Å². The summed E-state index contributed by atoms with van der Waals surface area (Å²) in [5.74, 6) is 1.76. The van der Waals surface area contributed by atoms with Gasteiger partial charge >= 0.3 is 5.97 Å². The fourth-order valence-corrected chi connectivity index (χ4v) is 6.61. The molecule has 1 N–H and O–H groups in total. The Labute approximate surface area is 179 Å². The number of carbonyl (C=O) groups excluding carboxylic acids is 1. The van der Waals surface area contributed by atoms with Crippen LogP contribution in [-0.4, -0.2) is 37.9 Å². The van der Waals surface area contributed by atoms with Gasteiger partial charge in [0.2, 0.25) is 0 Å². The molecule has 4 aliphatic rings. The van der Waals surface area contributed by atoms with E-state index >= 15 is 0 Å². The SMILES string of the molecule is C[C@H]1CCC[C@]2(C)C[C@H]3OC(=O)[C@H](C[NH+](Cc4ccco4)C[C@H]4CCCO4)[C@H]3C=C12. The molecule has 0 bridgehead atoms. The molecule has 1 unspecified atom stereocenters. The second kappa shape index (κ2) is 8.16. The van der Waals surface area contributed by atoms with Gasteiger partial charge in [0.25, 0.3) is 0 Å². The maximum atomic E-state index is 13.0. The standard InChI is InChI=1S/C25H35NO4/c1-17-6-3-9-25(2)13-23-20(12-22(17)25)21(24(27)30-23)16-26(14-18-7-4-10-28-18)15-19-8-5-11-29-19/h4,7,10,12,17,19-21,23H,3,5-6,8-9,11,13-16H2,1-2H3/p+1/t17-,19+,20+,21+,23+,25+/m0/s1. The van der Waals surface area contributed by atoms with Gasteiger partial charge in [-0.05, 0) is 55.6 Å². The summed E-state index contributed by atoms with van der Waals surface area (Å²) in [7, 11) is 0. The van der Waals surface area contributed by atoms with Crippen molar-refractivity contribution in [2.24, 2.45) is 23.2 Å². The van der Waals surface area contributed by atoms with Crippen molar-refractivity contribution < 1.29 is 23.6 Å². The van der Waals surface area contributed by atoms with Crippen LogP contribution in [0.25, 0.3) is 0 Å². The number of quaternary nitrogens is 1. The average Bonchev–Trinajstić information content (AvgIpc) is 3.44. The lowest BCUT2D eigenvalue weighted by Gasteiger charge is -2.46. The maximum Gasteiger partial charge on any atom is 0.315 e. The van der Waals surface area contributed by atoms with Gasteiger partial charge in [0, 0.05) is 12.5 Å². The van der Waals surface area contributed by atoms with Gasteiger partial charge in [0.1, 0.15) is 31.2 Å². The Hall–Kier alpha value is -1.59. The second-order valence-electron chi connectivity index (χ2n) is 10.4. The van der Waals surface area contributed by atoms with Crippen LogP contribution >= 0.6 is 0 Å². The zero-order valence-corrected chi connectivity index (χ0v) is 18.4. The quantitative estimate of drug-likeness (QED) is 0.574. The van der Waals surface area contributed by atoms with Crippen molar-refractivity contribution in [1.29, 1.82) is 0 Å². The molecule has 5 rings (SSSR count). The van der Waals surface area contributed by atoms with Gasteiger partial charge in [0.15, 0.2) is 5.76 Å². The number of furan rings is 1. The highest BCUT2D eigenvalue weighted by molar-refractivity contribution is 5.76. The Kier molecular flexibility index (Phi) is 5.53. The van der Waals surface area contributed by atoms with Crippen LogP contribution in [0.3, 0.4) is 0 Å². The first-order chi connectivity index (χ1) is 14.5. The lowest BCUT2D eigenvalue weighted by atomic mass is 9.59. The molecule has 3 heterocycles. The average molecular weight is 415 g/mol. The highest BCUT2D eigenvalue weighted by atomic mass is 16.6. The number of carbonyl (C=O) groups is 1. The molecule has 164 valence electrons. The minimum Gasteiger partial charge on any atom is -0.463 e. The number of hydrogen-bond donors (Lipinski definition) is 1. The molecular weight excluding hydrogens is 378 g/mol. The smallest absolute Gasteiger partial charge is 0.315 e. The molecule has 1 aromatic heterocycles. The summed E-state index contributed by atoms with van der Waals surface area (Å²) in [6.45, 7) is 8.11. The highest BCUT2D eigenvalue weighted by Gasteiger charge is 2.52. The van der Waals surface area contributed by atoms with E-state index in [1.54, 1.807) is 11.8 Å². The van der Waals surface area contributed by atoms with Crippen molar-refractivity contribution in [3.05, 3.63) is 35.8 Å². The molecule has 7 atom stereocenters. The van der Waals surface area contributed by atoms with Gasteiger partial charge in [-0.15, -0.1) is 0 Å². The summed E-state index contributed by atoms with van der Waals surface area (Å²) >= 11 is 0.